The van der Waals surface area contributed by atoms with Crippen molar-refractivity contribution in [3.05, 3.63) is 64.0 Å². The number of hydrogen-bond acceptors (Lipinski definition) is 4. The summed E-state index contributed by atoms with van der Waals surface area (Å²) < 4.78 is 25.9. The van der Waals surface area contributed by atoms with E-state index in [4.69, 9.17) is 9.47 Å². The third-order valence-corrected chi connectivity index (χ3v) is 4.55. The second-order valence-electron chi connectivity index (χ2n) is 5.90. The zero-order valence-electron chi connectivity index (χ0n) is 14.8. The van der Waals surface area contributed by atoms with E-state index in [1.165, 1.54) is 13.0 Å². The number of ether oxygens (including phenoxy) is 2. The molecule has 0 saturated carbocycles. The maximum absolute atomic E-state index is 13.5. The lowest BCUT2D eigenvalue weighted by Crippen LogP contribution is -2.13. The number of rotatable bonds is 5. The zero-order valence-corrected chi connectivity index (χ0v) is 16.4. The number of carbonyl (C=O) groups is 2. The van der Waals surface area contributed by atoms with E-state index in [-0.39, 0.29) is 12.4 Å². The van der Waals surface area contributed by atoms with E-state index < -0.39 is 11.9 Å². The van der Waals surface area contributed by atoms with Crippen LogP contribution >= 0.6 is 15.9 Å². The van der Waals surface area contributed by atoms with E-state index in [1.54, 1.807) is 47.9 Å². The molecule has 5 nitrogen and oxygen atoms in total. The van der Waals surface area contributed by atoms with Crippen LogP contribution in [-0.2, 0) is 16.1 Å². The largest absolute Gasteiger partial charge is 0.461 e. The van der Waals surface area contributed by atoms with Gasteiger partial charge in [-0.1, -0.05) is 6.07 Å². The average Bonchev–Trinajstić information content (AvgIpc) is 2.96. The average molecular weight is 434 g/mol. The van der Waals surface area contributed by atoms with Crippen LogP contribution in [0.25, 0.3) is 10.9 Å². The Morgan fingerprint density at radius 1 is 1.15 bits per heavy atom. The third kappa shape index (κ3) is 4.19. The van der Waals surface area contributed by atoms with Gasteiger partial charge < -0.3 is 14.0 Å². The zero-order chi connectivity index (χ0) is 19.6. The monoisotopic (exact) mass is 433 g/mol. The van der Waals surface area contributed by atoms with Gasteiger partial charge in [0.25, 0.3) is 0 Å². The Bertz CT molecular complexity index is 1030. The predicted octanol–water partition coefficient (Wildman–Crippen LogP) is 4.69. The first-order chi connectivity index (χ1) is 12.9. The Balaban J connectivity index is 2.08. The molecule has 7 heteroatoms. The maximum Gasteiger partial charge on any atom is 0.354 e. The van der Waals surface area contributed by atoms with Gasteiger partial charge in [-0.25, -0.2) is 9.18 Å². The number of aromatic nitrogens is 1. The Kier molecular flexibility index (Phi) is 5.60. The molecule has 0 bridgehead atoms. The van der Waals surface area contributed by atoms with Crippen LogP contribution in [0, 0.1) is 5.82 Å². The first kappa shape index (κ1) is 19.1. The highest BCUT2D eigenvalue weighted by atomic mass is 79.9. The molecular formula is C20H17BrFNO4. The molecule has 2 aromatic carbocycles. The summed E-state index contributed by atoms with van der Waals surface area (Å²) in [5.41, 5.74) is 1.96. The predicted molar refractivity (Wildman–Crippen MR) is 102 cm³/mol. The quantitative estimate of drug-likeness (QED) is 0.432. The minimum Gasteiger partial charge on any atom is -0.461 e. The van der Waals surface area contributed by atoms with Crippen molar-refractivity contribution in [1.29, 1.82) is 0 Å². The number of halogens is 2. The van der Waals surface area contributed by atoms with Crippen LogP contribution in [0.2, 0.25) is 0 Å². The van der Waals surface area contributed by atoms with Gasteiger partial charge in [-0.2, -0.15) is 0 Å². The van der Waals surface area contributed by atoms with E-state index in [9.17, 15) is 14.0 Å². The molecule has 0 N–H and O–H groups in total. The van der Waals surface area contributed by atoms with Gasteiger partial charge in [0.05, 0.1) is 11.1 Å². The molecule has 1 aromatic heterocycles. The Morgan fingerprint density at radius 2 is 1.93 bits per heavy atom. The van der Waals surface area contributed by atoms with E-state index >= 15 is 0 Å². The summed E-state index contributed by atoms with van der Waals surface area (Å²) in [6.45, 7) is 3.66. The first-order valence-electron chi connectivity index (χ1n) is 8.31. The van der Waals surface area contributed by atoms with Crippen molar-refractivity contribution in [2.75, 3.05) is 6.61 Å². The fourth-order valence-electron chi connectivity index (χ4n) is 2.84. The summed E-state index contributed by atoms with van der Waals surface area (Å²) in [7, 11) is 0. The fourth-order valence-corrected chi connectivity index (χ4v) is 3.27. The Hall–Kier alpha value is -2.67. The second-order valence-corrected chi connectivity index (χ2v) is 6.75. The number of nitrogens with zero attached hydrogens (tertiary/aromatic N) is 1. The van der Waals surface area contributed by atoms with Crippen LogP contribution in [0.15, 0.2) is 46.9 Å². The molecule has 0 aliphatic rings. The lowest BCUT2D eigenvalue weighted by molar-refractivity contribution is -0.131. The number of hydrogen-bond donors (Lipinski definition) is 0. The van der Waals surface area contributed by atoms with Crippen LogP contribution in [0.3, 0.4) is 0 Å². The van der Waals surface area contributed by atoms with Crippen molar-refractivity contribution in [2.45, 2.75) is 20.4 Å². The van der Waals surface area contributed by atoms with Gasteiger partial charge in [0.2, 0.25) is 0 Å². The standard InChI is InChI=1S/C20H17BrFNO4/c1-3-26-20(25)19-10-14-9-15(27-12(2)24)5-7-18(14)23(19)11-13-4-6-17(22)16(21)8-13/h4-10H,3,11H2,1-2H3. The summed E-state index contributed by atoms with van der Waals surface area (Å²) in [6, 6.07) is 11.5. The van der Waals surface area contributed by atoms with Crippen molar-refractivity contribution in [3.8, 4) is 5.75 Å². The topological polar surface area (TPSA) is 57.5 Å². The van der Waals surface area contributed by atoms with Gasteiger partial charge in [-0.3, -0.25) is 4.79 Å². The van der Waals surface area contributed by atoms with Gasteiger partial charge in [0.15, 0.2) is 0 Å². The van der Waals surface area contributed by atoms with Crippen LogP contribution < -0.4 is 4.74 Å². The molecule has 0 fully saturated rings. The van der Waals surface area contributed by atoms with Crippen molar-refractivity contribution >= 4 is 38.8 Å². The van der Waals surface area contributed by atoms with Crippen molar-refractivity contribution < 1.29 is 23.5 Å². The lowest BCUT2D eigenvalue weighted by atomic mass is 10.2. The maximum atomic E-state index is 13.5. The molecule has 0 atom stereocenters. The lowest BCUT2D eigenvalue weighted by Gasteiger charge is -2.11. The van der Waals surface area contributed by atoms with Crippen LogP contribution in [0.4, 0.5) is 4.39 Å². The summed E-state index contributed by atoms with van der Waals surface area (Å²) in [6.07, 6.45) is 0. The molecule has 3 aromatic rings. The minimum atomic E-state index is -0.455. The van der Waals surface area contributed by atoms with Gasteiger partial charge >= 0.3 is 11.9 Å². The molecule has 140 valence electrons. The smallest absolute Gasteiger partial charge is 0.354 e. The van der Waals surface area contributed by atoms with Gasteiger partial charge in [-0.15, -0.1) is 0 Å². The van der Waals surface area contributed by atoms with E-state index in [0.29, 0.717) is 22.5 Å². The molecule has 0 aliphatic heterocycles. The molecule has 0 spiro atoms. The highest BCUT2D eigenvalue weighted by molar-refractivity contribution is 9.10. The number of esters is 2. The molecule has 27 heavy (non-hydrogen) atoms. The molecule has 0 amide bonds. The van der Waals surface area contributed by atoms with E-state index in [2.05, 4.69) is 15.9 Å². The highest BCUT2D eigenvalue weighted by Gasteiger charge is 2.18. The minimum absolute atomic E-state index is 0.251. The summed E-state index contributed by atoms with van der Waals surface area (Å²) in [5, 5.41) is 0.734. The normalized spacial score (nSPS) is 10.8. The van der Waals surface area contributed by atoms with Crippen molar-refractivity contribution in [3.63, 3.8) is 0 Å². The first-order valence-corrected chi connectivity index (χ1v) is 9.11. The summed E-state index contributed by atoms with van der Waals surface area (Å²) in [5.74, 6) is -0.834. The number of carbonyl (C=O) groups excluding carboxylic acids is 2. The van der Waals surface area contributed by atoms with Gasteiger partial charge in [-0.05, 0) is 64.8 Å². The van der Waals surface area contributed by atoms with Crippen molar-refractivity contribution in [1.82, 2.24) is 4.57 Å². The van der Waals surface area contributed by atoms with Crippen LogP contribution in [-0.4, -0.2) is 23.1 Å². The summed E-state index contributed by atoms with van der Waals surface area (Å²) in [4.78, 5) is 23.6. The fraction of sp³-hybridized carbons (Fsp3) is 0.200. The SMILES string of the molecule is CCOC(=O)c1cc2cc(OC(C)=O)ccc2n1Cc1ccc(F)c(Br)c1. The molecular weight excluding hydrogens is 417 g/mol. The highest BCUT2D eigenvalue weighted by Crippen LogP contribution is 2.27. The second kappa shape index (κ2) is 7.92. The Morgan fingerprint density at radius 3 is 2.59 bits per heavy atom. The van der Waals surface area contributed by atoms with Crippen LogP contribution in [0.5, 0.6) is 5.75 Å². The van der Waals surface area contributed by atoms with Crippen molar-refractivity contribution in [2.24, 2.45) is 0 Å². The van der Waals surface area contributed by atoms with Gasteiger partial charge in [0, 0.05) is 24.4 Å². The molecule has 3 rings (SSSR count). The number of benzene rings is 2. The molecule has 0 saturated heterocycles. The number of fused-ring (bicyclic) bond motifs is 1. The molecule has 1 heterocycles. The molecule has 0 radical (unpaired) electrons. The van der Waals surface area contributed by atoms with Crippen LogP contribution in [0.1, 0.15) is 29.9 Å². The third-order valence-electron chi connectivity index (χ3n) is 3.94. The molecule has 0 aliphatic carbocycles. The van der Waals surface area contributed by atoms with E-state index in [0.717, 1.165) is 16.5 Å². The van der Waals surface area contributed by atoms with E-state index in [1.807, 2.05) is 0 Å². The molecule has 0 unspecified atom stereocenters. The summed E-state index contributed by atoms with van der Waals surface area (Å²) >= 11 is 3.18. The van der Waals surface area contributed by atoms with Gasteiger partial charge in [0.1, 0.15) is 17.3 Å². The Labute approximate surface area is 163 Å².